The minimum absolute atomic E-state index is 0.216. The molecule has 4 heteroatoms. The normalized spacial score (nSPS) is 36.6. The van der Waals surface area contributed by atoms with Gasteiger partial charge in [0, 0.05) is 30.3 Å². The summed E-state index contributed by atoms with van der Waals surface area (Å²) in [5.41, 5.74) is 0. The van der Waals surface area contributed by atoms with E-state index in [1.165, 1.54) is 18.6 Å². The van der Waals surface area contributed by atoms with Crippen LogP contribution in [0.15, 0.2) is 0 Å². The molecule has 2 aliphatic heterocycles. The average molecular weight is 228 g/mol. The van der Waals surface area contributed by atoms with Gasteiger partial charge in [-0.25, -0.2) is 0 Å². The molecule has 1 amide bonds. The molecule has 2 N–H and O–H groups in total. The van der Waals surface area contributed by atoms with Gasteiger partial charge in [-0.2, -0.15) is 11.8 Å². The van der Waals surface area contributed by atoms with Crippen LogP contribution in [-0.4, -0.2) is 35.5 Å². The van der Waals surface area contributed by atoms with Crippen molar-refractivity contribution >= 4 is 17.7 Å². The summed E-state index contributed by atoms with van der Waals surface area (Å²) in [6.45, 7) is 3.25. The lowest BCUT2D eigenvalue weighted by atomic mass is 10.1. The van der Waals surface area contributed by atoms with Crippen LogP contribution in [0.2, 0.25) is 0 Å². The molecule has 0 aromatic rings. The number of thioether (sulfide) groups is 1. The van der Waals surface area contributed by atoms with E-state index in [1.807, 2.05) is 0 Å². The second-order valence-electron chi connectivity index (χ2n) is 4.54. The van der Waals surface area contributed by atoms with Crippen molar-refractivity contribution in [2.75, 3.05) is 12.3 Å². The Bertz CT molecular complexity index is 235. The Morgan fingerprint density at radius 1 is 1.53 bits per heavy atom. The topological polar surface area (TPSA) is 41.1 Å². The summed E-state index contributed by atoms with van der Waals surface area (Å²) in [5, 5.41) is 7.32. The third kappa shape index (κ3) is 3.11. The first-order chi connectivity index (χ1) is 7.25. The maximum absolute atomic E-state index is 11.0. The molecule has 2 fully saturated rings. The third-order valence-electron chi connectivity index (χ3n) is 3.32. The molecule has 2 heterocycles. The lowest BCUT2D eigenvalue weighted by Gasteiger charge is -2.30. The molecule has 15 heavy (non-hydrogen) atoms. The highest BCUT2D eigenvalue weighted by Crippen LogP contribution is 2.25. The molecule has 2 saturated heterocycles. The lowest BCUT2D eigenvalue weighted by molar-refractivity contribution is -0.119. The molecule has 3 atom stereocenters. The highest BCUT2D eigenvalue weighted by atomic mass is 32.2. The maximum Gasteiger partial charge on any atom is 0.220 e. The first-order valence-electron chi connectivity index (χ1n) is 5.90. The Hall–Kier alpha value is -0.220. The van der Waals surface area contributed by atoms with E-state index in [-0.39, 0.29) is 5.91 Å². The lowest BCUT2D eigenvalue weighted by Crippen LogP contribution is -2.45. The second-order valence-corrected chi connectivity index (χ2v) is 6.02. The minimum Gasteiger partial charge on any atom is -0.352 e. The zero-order valence-electron chi connectivity index (χ0n) is 9.29. The van der Waals surface area contributed by atoms with E-state index in [2.05, 4.69) is 29.3 Å². The van der Waals surface area contributed by atoms with Gasteiger partial charge in [0.15, 0.2) is 0 Å². The Morgan fingerprint density at radius 2 is 2.40 bits per heavy atom. The van der Waals surface area contributed by atoms with Crippen LogP contribution in [0.25, 0.3) is 0 Å². The van der Waals surface area contributed by atoms with Gasteiger partial charge in [0.25, 0.3) is 0 Å². The molecule has 0 spiro atoms. The SMILES string of the molecule is CC1SCCCC1NCC1CCC(=O)N1. The van der Waals surface area contributed by atoms with Gasteiger partial charge in [0.2, 0.25) is 5.91 Å². The van der Waals surface area contributed by atoms with Crippen LogP contribution >= 0.6 is 11.8 Å². The first-order valence-corrected chi connectivity index (χ1v) is 6.95. The van der Waals surface area contributed by atoms with Gasteiger partial charge in [0.05, 0.1) is 0 Å². The number of nitrogens with one attached hydrogen (secondary N) is 2. The van der Waals surface area contributed by atoms with Crippen molar-refractivity contribution in [1.82, 2.24) is 10.6 Å². The molecule has 3 nitrogen and oxygen atoms in total. The van der Waals surface area contributed by atoms with Crippen molar-refractivity contribution in [2.24, 2.45) is 0 Å². The number of rotatable bonds is 3. The molecule has 0 radical (unpaired) electrons. The smallest absolute Gasteiger partial charge is 0.220 e. The van der Waals surface area contributed by atoms with Crippen LogP contribution in [0.5, 0.6) is 0 Å². The fourth-order valence-corrected chi connectivity index (χ4v) is 3.49. The summed E-state index contributed by atoms with van der Waals surface area (Å²) in [4.78, 5) is 11.0. The number of hydrogen-bond acceptors (Lipinski definition) is 3. The van der Waals surface area contributed by atoms with Gasteiger partial charge in [-0.3, -0.25) is 4.79 Å². The van der Waals surface area contributed by atoms with Crippen molar-refractivity contribution in [3.8, 4) is 0 Å². The fraction of sp³-hybridized carbons (Fsp3) is 0.909. The van der Waals surface area contributed by atoms with Crippen LogP contribution in [-0.2, 0) is 4.79 Å². The van der Waals surface area contributed by atoms with E-state index in [0.717, 1.165) is 18.2 Å². The summed E-state index contributed by atoms with van der Waals surface area (Å²) < 4.78 is 0. The van der Waals surface area contributed by atoms with Crippen LogP contribution in [0.3, 0.4) is 0 Å². The predicted molar refractivity (Wildman–Crippen MR) is 64.1 cm³/mol. The molecule has 0 aromatic heterocycles. The average Bonchev–Trinajstić information content (AvgIpc) is 2.63. The van der Waals surface area contributed by atoms with Crippen molar-refractivity contribution in [3.05, 3.63) is 0 Å². The number of carbonyl (C=O) groups is 1. The minimum atomic E-state index is 0.216. The quantitative estimate of drug-likeness (QED) is 0.761. The summed E-state index contributed by atoms with van der Waals surface area (Å²) in [6.07, 6.45) is 4.32. The summed E-state index contributed by atoms with van der Waals surface area (Å²) in [5.74, 6) is 1.52. The van der Waals surface area contributed by atoms with E-state index in [9.17, 15) is 4.79 Å². The number of hydrogen-bond donors (Lipinski definition) is 2. The Balaban J connectivity index is 1.70. The van der Waals surface area contributed by atoms with Crippen molar-refractivity contribution < 1.29 is 4.79 Å². The Morgan fingerprint density at radius 3 is 3.07 bits per heavy atom. The van der Waals surface area contributed by atoms with Gasteiger partial charge in [-0.05, 0) is 25.0 Å². The largest absolute Gasteiger partial charge is 0.352 e. The Kier molecular flexibility index (Phi) is 3.92. The van der Waals surface area contributed by atoms with Crippen LogP contribution in [0.1, 0.15) is 32.6 Å². The number of amides is 1. The van der Waals surface area contributed by atoms with Gasteiger partial charge in [-0.1, -0.05) is 6.92 Å². The van der Waals surface area contributed by atoms with Crippen LogP contribution in [0, 0.1) is 0 Å². The molecule has 0 bridgehead atoms. The maximum atomic E-state index is 11.0. The van der Waals surface area contributed by atoms with Crippen molar-refractivity contribution in [1.29, 1.82) is 0 Å². The highest BCUT2D eigenvalue weighted by molar-refractivity contribution is 7.99. The molecular weight excluding hydrogens is 208 g/mol. The standard InChI is InChI=1S/C11H20N2OS/c1-8-10(3-2-6-15-8)12-7-9-4-5-11(14)13-9/h8-10,12H,2-7H2,1H3,(H,13,14). The van der Waals surface area contributed by atoms with E-state index in [4.69, 9.17) is 0 Å². The molecule has 2 rings (SSSR count). The molecule has 0 aromatic carbocycles. The van der Waals surface area contributed by atoms with Gasteiger partial charge < -0.3 is 10.6 Å². The van der Waals surface area contributed by atoms with E-state index in [1.54, 1.807) is 0 Å². The molecule has 3 unspecified atom stereocenters. The zero-order valence-corrected chi connectivity index (χ0v) is 10.1. The van der Waals surface area contributed by atoms with Gasteiger partial charge in [0.1, 0.15) is 0 Å². The van der Waals surface area contributed by atoms with Gasteiger partial charge in [-0.15, -0.1) is 0 Å². The van der Waals surface area contributed by atoms with Crippen molar-refractivity contribution in [2.45, 2.75) is 49.9 Å². The van der Waals surface area contributed by atoms with Crippen molar-refractivity contribution in [3.63, 3.8) is 0 Å². The molecule has 0 saturated carbocycles. The molecule has 0 aliphatic carbocycles. The van der Waals surface area contributed by atoms with E-state index < -0.39 is 0 Å². The molecule has 86 valence electrons. The summed E-state index contributed by atoms with van der Waals surface area (Å²) in [7, 11) is 0. The summed E-state index contributed by atoms with van der Waals surface area (Å²) >= 11 is 2.06. The van der Waals surface area contributed by atoms with Crippen LogP contribution < -0.4 is 10.6 Å². The molecule has 2 aliphatic rings. The second kappa shape index (κ2) is 5.21. The first kappa shape index (κ1) is 11.3. The highest BCUT2D eigenvalue weighted by Gasteiger charge is 2.25. The monoisotopic (exact) mass is 228 g/mol. The van der Waals surface area contributed by atoms with E-state index in [0.29, 0.717) is 18.5 Å². The predicted octanol–water partition coefficient (Wildman–Crippen LogP) is 1.14. The van der Waals surface area contributed by atoms with Gasteiger partial charge >= 0.3 is 0 Å². The van der Waals surface area contributed by atoms with E-state index >= 15 is 0 Å². The fourth-order valence-electron chi connectivity index (χ4n) is 2.32. The zero-order chi connectivity index (χ0) is 10.7. The number of carbonyl (C=O) groups excluding carboxylic acids is 1. The third-order valence-corrected chi connectivity index (χ3v) is 4.70. The molecular formula is C11H20N2OS. The Labute approximate surface area is 95.8 Å². The van der Waals surface area contributed by atoms with Crippen LogP contribution in [0.4, 0.5) is 0 Å². The summed E-state index contributed by atoms with van der Waals surface area (Å²) in [6, 6.07) is 1.01.